The normalized spacial score (nSPS) is 17.4. The third-order valence-electron chi connectivity index (χ3n) is 5.37. The summed E-state index contributed by atoms with van der Waals surface area (Å²) in [4.78, 5) is 19.3. The van der Waals surface area contributed by atoms with Crippen molar-refractivity contribution in [3.05, 3.63) is 59.7 Å². The fourth-order valence-electron chi connectivity index (χ4n) is 3.82. The van der Waals surface area contributed by atoms with Crippen molar-refractivity contribution >= 4 is 5.91 Å². The number of hydrogen-bond acceptors (Lipinski definition) is 5. The highest BCUT2D eigenvalue weighted by atomic mass is 19.1. The number of carbonyl (C=O) groups is 1. The standard InChI is InChI=1S/C22H30FN5O/c1-26(2)12-13-28(22(29)19-9-10-24-25-14-19)16-18-6-5-11-27(15-18)17-20-7-3-4-8-21(20)23/h3-4,7-10,14,18H,5-6,11-13,15-17H2,1-2H3/t18-/m0/s1. The molecule has 1 aromatic heterocycles. The van der Waals surface area contributed by atoms with Gasteiger partial charge >= 0.3 is 0 Å². The molecule has 0 N–H and O–H groups in total. The molecule has 1 aliphatic rings. The predicted octanol–water partition coefficient (Wildman–Crippen LogP) is 2.53. The summed E-state index contributed by atoms with van der Waals surface area (Å²) in [5.41, 5.74) is 1.30. The number of likely N-dealkylation sites (tertiary alicyclic amines) is 1. The smallest absolute Gasteiger partial charge is 0.255 e. The molecule has 1 amide bonds. The molecular formula is C22H30FN5O. The van der Waals surface area contributed by atoms with Gasteiger partial charge in [0.25, 0.3) is 5.91 Å². The van der Waals surface area contributed by atoms with E-state index in [9.17, 15) is 9.18 Å². The lowest BCUT2D eigenvalue weighted by Crippen LogP contribution is -2.44. The van der Waals surface area contributed by atoms with Gasteiger partial charge in [-0.1, -0.05) is 18.2 Å². The first-order chi connectivity index (χ1) is 14.0. The number of nitrogens with zero attached hydrogens (tertiary/aromatic N) is 5. The molecule has 7 heteroatoms. The van der Waals surface area contributed by atoms with Crippen LogP contribution in [0.5, 0.6) is 0 Å². The zero-order valence-electron chi connectivity index (χ0n) is 17.3. The highest BCUT2D eigenvalue weighted by Gasteiger charge is 2.25. The average Bonchev–Trinajstić information content (AvgIpc) is 2.73. The second-order valence-electron chi connectivity index (χ2n) is 8.02. The number of benzene rings is 1. The largest absolute Gasteiger partial charge is 0.337 e. The van der Waals surface area contributed by atoms with E-state index in [4.69, 9.17) is 0 Å². The second-order valence-corrected chi connectivity index (χ2v) is 8.02. The van der Waals surface area contributed by atoms with Gasteiger partial charge in [-0.05, 0) is 51.5 Å². The van der Waals surface area contributed by atoms with Gasteiger partial charge in [0.15, 0.2) is 0 Å². The maximum atomic E-state index is 14.0. The van der Waals surface area contributed by atoms with Crippen molar-refractivity contribution in [1.29, 1.82) is 0 Å². The fourth-order valence-corrected chi connectivity index (χ4v) is 3.82. The van der Waals surface area contributed by atoms with Crippen LogP contribution in [0.25, 0.3) is 0 Å². The van der Waals surface area contributed by atoms with Crippen LogP contribution < -0.4 is 0 Å². The highest BCUT2D eigenvalue weighted by molar-refractivity contribution is 5.93. The summed E-state index contributed by atoms with van der Waals surface area (Å²) in [6.07, 6.45) is 5.21. The van der Waals surface area contributed by atoms with Crippen LogP contribution in [0.1, 0.15) is 28.8 Å². The van der Waals surface area contributed by atoms with Gasteiger partial charge in [0, 0.05) is 38.3 Å². The number of rotatable bonds is 8. The number of aromatic nitrogens is 2. The van der Waals surface area contributed by atoms with Gasteiger partial charge in [-0.3, -0.25) is 9.69 Å². The van der Waals surface area contributed by atoms with E-state index in [1.165, 1.54) is 12.3 Å². The van der Waals surface area contributed by atoms with E-state index in [0.29, 0.717) is 31.1 Å². The lowest BCUT2D eigenvalue weighted by Gasteiger charge is -2.36. The first kappa shape index (κ1) is 21.3. The van der Waals surface area contributed by atoms with E-state index in [-0.39, 0.29) is 11.7 Å². The van der Waals surface area contributed by atoms with E-state index in [0.717, 1.165) is 38.0 Å². The molecule has 1 saturated heterocycles. The van der Waals surface area contributed by atoms with Crippen LogP contribution in [0.15, 0.2) is 42.7 Å². The van der Waals surface area contributed by atoms with Crippen LogP contribution in [-0.4, -0.2) is 77.6 Å². The SMILES string of the molecule is CN(C)CCN(C[C@H]1CCCN(Cc2ccccc2F)C1)C(=O)c1ccnnc1. The number of halogens is 1. The zero-order valence-corrected chi connectivity index (χ0v) is 17.3. The first-order valence-electron chi connectivity index (χ1n) is 10.2. The minimum absolute atomic E-state index is 0.00650. The summed E-state index contributed by atoms with van der Waals surface area (Å²) in [5.74, 6) is 0.215. The van der Waals surface area contributed by atoms with E-state index < -0.39 is 0 Å². The van der Waals surface area contributed by atoms with Crippen molar-refractivity contribution in [2.45, 2.75) is 19.4 Å². The molecule has 1 aliphatic heterocycles. The van der Waals surface area contributed by atoms with Crippen LogP contribution in [0.4, 0.5) is 4.39 Å². The van der Waals surface area contributed by atoms with Gasteiger partial charge in [0.1, 0.15) is 5.82 Å². The van der Waals surface area contributed by atoms with E-state index in [2.05, 4.69) is 20.0 Å². The van der Waals surface area contributed by atoms with E-state index >= 15 is 0 Å². The molecule has 6 nitrogen and oxygen atoms in total. The zero-order chi connectivity index (χ0) is 20.6. The summed E-state index contributed by atoms with van der Waals surface area (Å²) in [7, 11) is 4.01. The fraction of sp³-hybridized carbons (Fsp3) is 0.500. The molecule has 0 saturated carbocycles. The topological polar surface area (TPSA) is 52.6 Å². The Morgan fingerprint density at radius 2 is 2.03 bits per heavy atom. The Balaban J connectivity index is 1.64. The molecule has 2 heterocycles. The van der Waals surface area contributed by atoms with Gasteiger partial charge in [-0.15, -0.1) is 0 Å². The molecule has 2 aromatic rings. The Morgan fingerprint density at radius 1 is 1.21 bits per heavy atom. The molecule has 29 heavy (non-hydrogen) atoms. The summed E-state index contributed by atoms with van der Waals surface area (Å²) in [6, 6.07) is 8.68. The van der Waals surface area contributed by atoms with Crippen molar-refractivity contribution < 1.29 is 9.18 Å². The Morgan fingerprint density at radius 3 is 2.76 bits per heavy atom. The molecule has 1 atom stereocenters. The van der Waals surface area contributed by atoms with Crippen molar-refractivity contribution in [2.24, 2.45) is 5.92 Å². The monoisotopic (exact) mass is 399 g/mol. The minimum Gasteiger partial charge on any atom is -0.337 e. The van der Waals surface area contributed by atoms with Crippen LogP contribution in [0.3, 0.4) is 0 Å². The minimum atomic E-state index is -0.150. The molecule has 156 valence electrons. The molecule has 0 spiro atoms. The Labute approximate surface area is 172 Å². The van der Waals surface area contributed by atoms with Crippen LogP contribution >= 0.6 is 0 Å². The lowest BCUT2D eigenvalue weighted by molar-refractivity contribution is 0.0659. The third kappa shape index (κ3) is 6.30. The van der Waals surface area contributed by atoms with Crippen molar-refractivity contribution in [2.75, 3.05) is 46.8 Å². The van der Waals surface area contributed by atoms with Gasteiger partial charge in [-0.2, -0.15) is 10.2 Å². The Kier molecular flexibility index (Phi) is 7.66. The van der Waals surface area contributed by atoms with Gasteiger partial charge in [-0.25, -0.2) is 4.39 Å². The van der Waals surface area contributed by atoms with Gasteiger partial charge in [0.05, 0.1) is 18.0 Å². The first-order valence-corrected chi connectivity index (χ1v) is 10.2. The van der Waals surface area contributed by atoms with Crippen molar-refractivity contribution in [3.63, 3.8) is 0 Å². The number of amides is 1. The van der Waals surface area contributed by atoms with E-state index in [1.54, 1.807) is 18.3 Å². The summed E-state index contributed by atoms with van der Waals surface area (Å²) >= 11 is 0. The predicted molar refractivity (Wildman–Crippen MR) is 111 cm³/mol. The molecular weight excluding hydrogens is 369 g/mol. The quantitative estimate of drug-likeness (QED) is 0.683. The van der Waals surface area contributed by atoms with Gasteiger partial charge < -0.3 is 9.80 Å². The van der Waals surface area contributed by atoms with Crippen molar-refractivity contribution in [3.8, 4) is 0 Å². The maximum Gasteiger partial charge on any atom is 0.255 e. The number of piperidine rings is 1. The number of likely N-dealkylation sites (N-methyl/N-ethyl adjacent to an activating group) is 1. The lowest BCUT2D eigenvalue weighted by atomic mass is 9.96. The second kappa shape index (κ2) is 10.4. The van der Waals surface area contributed by atoms with Crippen LogP contribution in [0, 0.1) is 11.7 Å². The molecule has 1 aromatic carbocycles. The summed E-state index contributed by atoms with van der Waals surface area (Å²) in [6.45, 7) is 4.61. The average molecular weight is 400 g/mol. The molecule has 0 bridgehead atoms. The summed E-state index contributed by atoms with van der Waals surface area (Å²) in [5, 5.41) is 7.61. The molecule has 3 rings (SSSR count). The van der Waals surface area contributed by atoms with Crippen LogP contribution in [-0.2, 0) is 6.54 Å². The number of carbonyl (C=O) groups excluding carboxylic acids is 1. The van der Waals surface area contributed by atoms with Crippen LogP contribution in [0.2, 0.25) is 0 Å². The molecule has 0 radical (unpaired) electrons. The third-order valence-corrected chi connectivity index (χ3v) is 5.37. The molecule has 0 unspecified atom stereocenters. The molecule has 1 fully saturated rings. The Hall–Kier alpha value is -2.38. The number of hydrogen-bond donors (Lipinski definition) is 0. The maximum absolute atomic E-state index is 14.0. The van der Waals surface area contributed by atoms with E-state index in [1.807, 2.05) is 31.1 Å². The highest BCUT2D eigenvalue weighted by Crippen LogP contribution is 2.21. The molecule has 0 aliphatic carbocycles. The Bertz CT molecular complexity index is 786. The summed E-state index contributed by atoms with van der Waals surface area (Å²) < 4.78 is 14.0. The van der Waals surface area contributed by atoms with Crippen molar-refractivity contribution in [1.82, 2.24) is 24.9 Å². The van der Waals surface area contributed by atoms with Gasteiger partial charge in [0.2, 0.25) is 0 Å².